The first kappa shape index (κ1) is 19.4. The van der Waals surface area contributed by atoms with E-state index in [0.717, 1.165) is 5.69 Å². The molecule has 0 N–H and O–H groups in total. The molecule has 2 aromatic carbocycles. The summed E-state index contributed by atoms with van der Waals surface area (Å²) in [5.41, 5.74) is 1.98. The summed E-state index contributed by atoms with van der Waals surface area (Å²) >= 11 is 1.38. The van der Waals surface area contributed by atoms with Crippen LogP contribution in [0.15, 0.2) is 53.9 Å². The second-order valence-corrected chi connectivity index (χ2v) is 6.64. The molecule has 0 unspecified atom stereocenters. The smallest absolute Gasteiger partial charge is 0.230 e. The molecule has 142 valence electrons. The Kier molecular flexibility index (Phi) is 6.25. The first-order valence-corrected chi connectivity index (χ1v) is 9.60. The Morgan fingerprint density at radius 1 is 1.18 bits per heavy atom. The number of hydrogen-bond donors (Lipinski definition) is 0. The van der Waals surface area contributed by atoms with Gasteiger partial charge in [0.2, 0.25) is 5.91 Å². The standard InChI is InChI=1S/C21H19N3O3S/c1-3-26-20-11-16(12-22)9-10-19(20)27-13-17-14-28-21(23-17)24(15(2)25)18-7-5-4-6-8-18/h4-11,14H,3,13H2,1-2H3. The van der Waals surface area contributed by atoms with Crippen LogP contribution in [0.3, 0.4) is 0 Å². The molecule has 0 saturated heterocycles. The Bertz CT molecular complexity index is 996. The summed E-state index contributed by atoms with van der Waals surface area (Å²) in [6.07, 6.45) is 0. The van der Waals surface area contributed by atoms with E-state index in [9.17, 15) is 4.79 Å². The van der Waals surface area contributed by atoms with Gasteiger partial charge in [0.1, 0.15) is 6.61 Å². The van der Waals surface area contributed by atoms with E-state index in [1.54, 1.807) is 23.1 Å². The molecule has 1 heterocycles. The third-order valence-corrected chi connectivity index (χ3v) is 4.68. The SMILES string of the molecule is CCOc1cc(C#N)ccc1OCc1csc(N(C(C)=O)c2ccccc2)n1. The van der Waals surface area contributed by atoms with Gasteiger partial charge in [-0.2, -0.15) is 5.26 Å². The van der Waals surface area contributed by atoms with Crippen LogP contribution < -0.4 is 14.4 Å². The molecule has 1 aromatic heterocycles. The molecule has 7 heteroatoms. The maximum absolute atomic E-state index is 12.1. The fraction of sp³-hybridized carbons (Fsp3) is 0.190. The van der Waals surface area contributed by atoms with Crippen LogP contribution in [-0.4, -0.2) is 17.5 Å². The number of nitrogens with zero attached hydrogens (tertiary/aromatic N) is 3. The largest absolute Gasteiger partial charge is 0.490 e. The van der Waals surface area contributed by atoms with Gasteiger partial charge in [-0.25, -0.2) is 4.98 Å². The lowest BCUT2D eigenvalue weighted by Crippen LogP contribution is -2.22. The topological polar surface area (TPSA) is 75.5 Å². The minimum Gasteiger partial charge on any atom is -0.490 e. The molecule has 3 aromatic rings. The molecular formula is C21H19N3O3S. The highest BCUT2D eigenvalue weighted by Crippen LogP contribution is 2.31. The van der Waals surface area contributed by atoms with Crippen LogP contribution >= 0.6 is 11.3 Å². The van der Waals surface area contributed by atoms with E-state index in [2.05, 4.69) is 11.1 Å². The number of carbonyl (C=O) groups excluding carboxylic acids is 1. The molecule has 6 nitrogen and oxygen atoms in total. The second kappa shape index (κ2) is 9.02. The quantitative estimate of drug-likeness (QED) is 0.583. The van der Waals surface area contributed by atoms with Gasteiger partial charge in [-0.15, -0.1) is 11.3 Å². The van der Waals surface area contributed by atoms with Gasteiger partial charge in [-0.1, -0.05) is 18.2 Å². The van der Waals surface area contributed by atoms with Gasteiger partial charge in [0, 0.05) is 18.4 Å². The van der Waals surface area contributed by atoms with Crippen LogP contribution in [0, 0.1) is 11.3 Å². The maximum atomic E-state index is 12.1. The zero-order valence-corrected chi connectivity index (χ0v) is 16.4. The average molecular weight is 393 g/mol. The van der Waals surface area contributed by atoms with Crippen LogP contribution in [0.5, 0.6) is 11.5 Å². The van der Waals surface area contributed by atoms with E-state index in [1.165, 1.54) is 18.3 Å². The third kappa shape index (κ3) is 4.48. The molecule has 3 rings (SSSR count). The Morgan fingerprint density at radius 2 is 1.96 bits per heavy atom. The predicted octanol–water partition coefficient (Wildman–Crippen LogP) is 4.68. The second-order valence-electron chi connectivity index (χ2n) is 5.81. The minimum absolute atomic E-state index is 0.112. The summed E-state index contributed by atoms with van der Waals surface area (Å²) in [6.45, 7) is 4.07. The van der Waals surface area contributed by atoms with Crippen molar-refractivity contribution < 1.29 is 14.3 Å². The highest BCUT2D eigenvalue weighted by atomic mass is 32.1. The highest BCUT2D eigenvalue weighted by molar-refractivity contribution is 7.14. The molecule has 0 saturated carbocycles. The monoisotopic (exact) mass is 393 g/mol. The van der Waals surface area contributed by atoms with Gasteiger partial charge in [-0.05, 0) is 31.2 Å². The molecule has 0 radical (unpaired) electrons. The van der Waals surface area contributed by atoms with Gasteiger partial charge in [-0.3, -0.25) is 9.69 Å². The third-order valence-electron chi connectivity index (χ3n) is 3.81. The lowest BCUT2D eigenvalue weighted by molar-refractivity contribution is -0.115. The molecule has 0 spiro atoms. The van der Waals surface area contributed by atoms with Crippen molar-refractivity contribution in [1.29, 1.82) is 5.26 Å². The number of rotatable bonds is 7. The molecule has 0 atom stereocenters. The van der Waals surface area contributed by atoms with E-state index in [-0.39, 0.29) is 12.5 Å². The van der Waals surface area contributed by atoms with Crippen molar-refractivity contribution in [2.45, 2.75) is 20.5 Å². The highest BCUT2D eigenvalue weighted by Gasteiger charge is 2.18. The maximum Gasteiger partial charge on any atom is 0.230 e. The minimum atomic E-state index is -0.112. The normalized spacial score (nSPS) is 10.2. The Morgan fingerprint density at radius 3 is 2.64 bits per heavy atom. The van der Waals surface area contributed by atoms with Gasteiger partial charge in [0.05, 0.1) is 29.6 Å². The summed E-state index contributed by atoms with van der Waals surface area (Å²) in [7, 11) is 0. The summed E-state index contributed by atoms with van der Waals surface area (Å²) in [6, 6.07) is 16.5. The van der Waals surface area contributed by atoms with Crippen molar-refractivity contribution in [1.82, 2.24) is 4.98 Å². The molecule has 0 bridgehead atoms. The fourth-order valence-electron chi connectivity index (χ4n) is 2.59. The predicted molar refractivity (Wildman–Crippen MR) is 108 cm³/mol. The molecule has 28 heavy (non-hydrogen) atoms. The molecule has 1 amide bonds. The number of benzene rings is 2. The van der Waals surface area contributed by atoms with E-state index in [4.69, 9.17) is 14.7 Å². The number of hydrogen-bond acceptors (Lipinski definition) is 6. The lowest BCUT2D eigenvalue weighted by atomic mass is 10.2. The van der Waals surface area contributed by atoms with E-state index in [1.807, 2.05) is 42.6 Å². The Hall–Kier alpha value is -3.37. The van der Waals surface area contributed by atoms with Gasteiger partial charge in [0.25, 0.3) is 0 Å². The Balaban J connectivity index is 1.76. The van der Waals surface area contributed by atoms with Crippen LogP contribution in [0.1, 0.15) is 25.1 Å². The van der Waals surface area contributed by atoms with Crippen LogP contribution in [0.4, 0.5) is 10.8 Å². The zero-order valence-electron chi connectivity index (χ0n) is 15.6. The van der Waals surface area contributed by atoms with E-state index >= 15 is 0 Å². The summed E-state index contributed by atoms with van der Waals surface area (Å²) in [5.74, 6) is 0.951. The number of anilines is 2. The van der Waals surface area contributed by atoms with Gasteiger partial charge < -0.3 is 9.47 Å². The van der Waals surface area contributed by atoms with Crippen molar-refractivity contribution in [3.05, 3.63) is 65.2 Å². The first-order valence-electron chi connectivity index (χ1n) is 8.72. The van der Waals surface area contributed by atoms with Crippen molar-refractivity contribution in [3.8, 4) is 17.6 Å². The number of aromatic nitrogens is 1. The number of thiazole rings is 1. The average Bonchev–Trinajstić information content (AvgIpc) is 3.16. The number of ether oxygens (including phenoxy) is 2. The number of amides is 1. The number of nitriles is 1. The molecule has 0 aliphatic heterocycles. The van der Waals surface area contributed by atoms with E-state index < -0.39 is 0 Å². The molecule has 0 fully saturated rings. The van der Waals surface area contributed by atoms with Crippen LogP contribution in [-0.2, 0) is 11.4 Å². The van der Waals surface area contributed by atoms with Crippen molar-refractivity contribution in [3.63, 3.8) is 0 Å². The summed E-state index contributed by atoms with van der Waals surface area (Å²) < 4.78 is 11.4. The van der Waals surface area contributed by atoms with Crippen LogP contribution in [0.2, 0.25) is 0 Å². The Labute approximate surface area is 167 Å². The van der Waals surface area contributed by atoms with Gasteiger partial charge >= 0.3 is 0 Å². The fourth-order valence-corrected chi connectivity index (χ4v) is 3.46. The van der Waals surface area contributed by atoms with Crippen molar-refractivity contribution in [2.24, 2.45) is 0 Å². The molecule has 0 aliphatic rings. The zero-order chi connectivity index (χ0) is 19.9. The summed E-state index contributed by atoms with van der Waals surface area (Å²) in [4.78, 5) is 18.2. The van der Waals surface area contributed by atoms with E-state index in [0.29, 0.717) is 34.5 Å². The first-order chi connectivity index (χ1) is 13.6. The van der Waals surface area contributed by atoms with Crippen molar-refractivity contribution in [2.75, 3.05) is 11.5 Å². The van der Waals surface area contributed by atoms with Gasteiger partial charge in [0.15, 0.2) is 16.6 Å². The molecular weight excluding hydrogens is 374 g/mol. The summed E-state index contributed by atoms with van der Waals surface area (Å²) in [5, 5.41) is 11.5. The van der Waals surface area contributed by atoms with Crippen molar-refractivity contribution >= 4 is 28.1 Å². The van der Waals surface area contributed by atoms with Crippen LogP contribution in [0.25, 0.3) is 0 Å². The number of para-hydroxylation sites is 1. The lowest BCUT2D eigenvalue weighted by Gasteiger charge is -2.17. The molecule has 0 aliphatic carbocycles. The number of carbonyl (C=O) groups is 1.